The molecule has 1 aliphatic carbocycles. The van der Waals surface area contributed by atoms with E-state index in [1.807, 2.05) is 12.2 Å². The van der Waals surface area contributed by atoms with Crippen LogP contribution in [0.1, 0.15) is 25.7 Å². The molecule has 2 aliphatic rings. The zero-order valence-corrected chi connectivity index (χ0v) is 9.52. The van der Waals surface area contributed by atoms with Gasteiger partial charge in [-0.15, -0.1) is 0 Å². The van der Waals surface area contributed by atoms with E-state index in [4.69, 9.17) is 10.5 Å². The van der Waals surface area contributed by atoms with E-state index in [1.165, 1.54) is 0 Å². The summed E-state index contributed by atoms with van der Waals surface area (Å²) in [5.74, 6) is 0.0710. The van der Waals surface area contributed by atoms with Gasteiger partial charge in [0, 0.05) is 19.2 Å². The molecular weight excluding hydrogens is 204 g/mol. The van der Waals surface area contributed by atoms with Gasteiger partial charge in [-0.05, 0) is 25.7 Å². The average Bonchev–Trinajstić information content (AvgIpc) is 2.89. The molecule has 0 aromatic rings. The lowest BCUT2D eigenvalue weighted by Crippen LogP contribution is -2.32. The lowest BCUT2D eigenvalue weighted by atomic mass is 10.1. The first-order chi connectivity index (χ1) is 7.75. The fourth-order valence-electron chi connectivity index (χ4n) is 2.28. The minimum Gasteiger partial charge on any atom is -0.378 e. The molecule has 4 heteroatoms. The fourth-order valence-corrected chi connectivity index (χ4v) is 2.28. The van der Waals surface area contributed by atoms with Crippen LogP contribution in [0.15, 0.2) is 12.2 Å². The number of amides is 1. The maximum absolute atomic E-state index is 11.7. The minimum absolute atomic E-state index is 0.0282. The molecule has 0 aromatic carbocycles. The predicted octanol–water partition coefficient (Wildman–Crippen LogP) is 0.575. The molecule has 0 saturated carbocycles. The molecule has 0 spiro atoms. The van der Waals surface area contributed by atoms with Crippen molar-refractivity contribution in [2.75, 3.05) is 13.2 Å². The van der Waals surface area contributed by atoms with E-state index in [9.17, 15) is 4.79 Å². The van der Waals surface area contributed by atoms with Crippen LogP contribution < -0.4 is 11.1 Å². The molecule has 1 amide bonds. The third kappa shape index (κ3) is 3.06. The molecule has 4 nitrogen and oxygen atoms in total. The van der Waals surface area contributed by atoms with Crippen molar-refractivity contribution in [3.63, 3.8) is 0 Å². The number of nitrogens with two attached hydrogens (primary N) is 1. The highest BCUT2D eigenvalue weighted by molar-refractivity contribution is 5.81. The second-order valence-electron chi connectivity index (χ2n) is 4.61. The maximum Gasteiger partial charge on any atom is 0.226 e. The quantitative estimate of drug-likeness (QED) is 0.686. The summed E-state index contributed by atoms with van der Waals surface area (Å²) in [6, 6.07) is 0.0499. The van der Waals surface area contributed by atoms with Crippen molar-refractivity contribution in [1.82, 2.24) is 5.32 Å². The summed E-state index contributed by atoms with van der Waals surface area (Å²) < 4.78 is 5.49. The molecule has 2 rings (SSSR count). The second kappa shape index (κ2) is 5.46. The lowest BCUT2D eigenvalue weighted by molar-refractivity contribution is -0.123. The van der Waals surface area contributed by atoms with Gasteiger partial charge in [-0.3, -0.25) is 4.79 Å². The van der Waals surface area contributed by atoms with Crippen molar-refractivity contribution >= 4 is 5.91 Å². The molecule has 1 saturated heterocycles. The Morgan fingerprint density at radius 1 is 1.50 bits per heavy atom. The Balaban J connectivity index is 1.62. The molecule has 90 valence electrons. The Bertz CT molecular complexity index is 272. The Hall–Kier alpha value is -0.870. The van der Waals surface area contributed by atoms with Gasteiger partial charge in [0.2, 0.25) is 5.91 Å². The van der Waals surface area contributed by atoms with Crippen LogP contribution in [0.5, 0.6) is 0 Å². The van der Waals surface area contributed by atoms with Gasteiger partial charge in [0.05, 0.1) is 12.0 Å². The molecule has 1 aliphatic heterocycles. The van der Waals surface area contributed by atoms with E-state index in [1.54, 1.807) is 0 Å². The van der Waals surface area contributed by atoms with Gasteiger partial charge >= 0.3 is 0 Å². The maximum atomic E-state index is 11.7. The lowest BCUT2D eigenvalue weighted by Gasteiger charge is -2.12. The van der Waals surface area contributed by atoms with Crippen molar-refractivity contribution in [3.8, 4) is 0 Å². The highest BCUT2D eigenvalue weighted by Crippen LogP contribution is 2.17. The number of carbonyl (C=O) groups excluding carboxylic acids is 1. The van der Waals surface area contributed by atoms with Crippen LogP contribution in [0, 0.1) is 5.92 Å². The van der Waals surface area contributed by atoms with Gasteiger partial charge in [-0.25, -0.2) is 0 Å². The van der Waals surface area contributed by atoms with Crippen LogP contribution in [-0.2, 0) is 9.53 Å². The number of hydrogen-bond donors (Lipinski definition) is 2. The van der Waals surface area contributed by atoms with Crippen LogP contribution in [0.25, 0.3) is 0 Å². The van der Waals surface area contributed by atoms with Crippen LogP contribution in [0.2, 0.25) is 0 Å². The Labute approximate surface area is 96.2 Å². The predicted molar refractivity (Wildman–Crippen MR) is 61.8 cm³/mol. The van der Waals surface area contributed by atoms with Crippen molar-refractivity contribution in [2.24, 2.45) is 11.7 Å². The van der Waals surface area contributed by atoms with Gasteiger partial charge in [0.25, 0.3) is 0 Å². The topological polar surface area (TPSA) is 64.4 Å². The summed E-state index contributed by atoms with van der Waals surface area (Å²) in [5.41, 5.74) is 5.70. The van der Waals surface area contributed by atoms with E-state index in [0.717, 1.165) is 32.3 Å². The van der Waals surface area contributed by atoms with Crippen LogP contribution >= 0.6 is 0 Å². The third-order valence-corrected chi connectivity index (χ3v) is 3.24. The normalized spacial score (nSPS) is 33.2. The van der Waals surface area contributed by atoms with Crippen molar-refractivity contribution < 1.29 is 9.53 Å². The Kier molecular flexibility index (Phi) is 3.96. The first-order valence-electron chi connectivity index (χ1n) is 6.09. The number of rotatable bonds is 4. The third-order valence-electron chi connectivity index (χ3n) is 3.24. The fraction of sp³-hybridized carbons (Fsp3) is 0.750. The smallest absolute Gasteiger partial charge is 0.226 e. The molecule has 1 fully saturated rings. The summed E-state index contributed by atoms with van der Waals surface area (Å²) >= 11 is 0. The van der Waals surface area contributed by atoms with Gasteiger partial charge in [0.15, 0.2) is 0 Å². The molecule has 3 atom stereocenters. The molecule has 1 heterocycles. The van der Waals surface area contributed by atoms with E-state index >= 15 is 0 Å². The van der Waals surface area contributed by atoms with Gasteiger partial charge in [0.1, 0.15) is 0 Å². The zero-order valence-electron chi connectivity index (χ0n) is 9.52. The monoisotopic (exact) mass is 224 g/mol. The Morgan fingerprint density at radius 2 is 2.38 bits per heavy atom. The first-order valence-corrected chi connectivity index (χ1v) is 6.09. The molecule has 0 bridgehead atoms. The van der Waals surface area contributed by atoms with E-state index in [2.05, 4.69) is 5.32 Å². The molecular formula is C12H20N2O2. The number of hydrogen-bond acceptors (Lipinski definition) is 3. The Morgan fingerprint density at radius 3 is 3.00 bits per heavy atom. The molecule has 0 aromatic heterocycles. The number of carbonyl (C=O) groups is 1. The molecule has 3 N–H and O–H groups in total. The van der Waals surface area contributed by atoms with Gasteiger partial charge in [-0.1, -0.05) is 12.2 Å². The summed E-state index contributed by atoms with van der Waals surface area (Å²) in [7, 11) is 0. The van der Waals surface area contributed by atoms with Crippen molar-refractivity contribution in [1.29, 1.82) is 0 Å². The first kappa shape index (κ1) is 11.6. The second-order valence-corrected chi connectivity index (χ2v) is 4.61. The van der Waals surface area contributed by atoms with E-state index in [0.29, 0.717) is 12.6 Å². The molecule has 0 radical (unpaired) electrons. The van der Waals surface area contributed by atoms with Crippen LogP contribution in [0.3, 0.4) is 0 Å². The SMILES string of the molecule is NC1C=CC(C(=O)NCCC2CCCO2)C1. The standard InChI is InChI=1S/C12H20N2O2/c13-10-4-3-9(8-10)12(15)14-6-5-11-2-1-7-16-11/h3-4,9-11H,1-2,5-8,13H2,(H,14,15). The van der Waals surface area contributed by atoms with Gasteiger partial charge < -0.3 is 15.8 Å². The number of nitrogens with one attached hydrogen (secondary N) is 1. The highest BCUT2D eigenvalue weighted by Gasteiger charge is 2.22. The van der Waals surface area contributed by atoms with Crippen molar-refractivity contribution in [2.45, 2.75) is 37.8 Å². The van der Waals surface area contributed by atoms with Gasteiger partial charge in [-0.2, -0.15) is 0 Å². The zero-order chi connectivity index (χ0) is 11.4. The summed E-state index contributed by atoms with van der Waals surface area (Å²) in [4.78, 5) is 11.7. The summed E-state index contributed by atoms with van der Waals surface area (Å²) in [6.45, 7) is 1.59. The van der Waals surface area contributed by atoms with Crippen LogP contribution in [-0.4, -0.2) is 31.2 Å². The van der Waals surface area contributed by atoms with E-state index in [-0.39, 0.29) is 17.9 Å². The highest BCUT2D eigenvalue weighted by atomic mass is 16.5. The molecule has 16 heavy (non-hydrogen) atoms. The molecule has 3 unspecified atom stereocenters. The number of ether oxygens (including phenoxy) is 1. The summed E-state index contributed by atoms with van der Waals surface area (Å²) in [6.07, 6.45) is 8.11. The van der Waals surface area contributed by atoms with Crippen molar-refractivity contribution in [3.05, 3.63) is 12.2 Å². The van der Waals surface area contributed by atoms with E-state index < -0.39 is 0 Å². The minimum atomic E-state index is -0.0282. The summed E-state index contributed by atoms with van der Waals surface area (Å²) in [5, 5.41) is 2.95. The largest absolute Gasteiger partial charge is 0.378 e. The van der Waals surface area contributed by atoms with Crippen LogP contribution in [0.4, 0.5) is 0 Å². The average molecular weight is 224 g/mol.